The zero-order valence-electron chi connectivity index (χ0n) is 14.9. The minimum atomic E-state index is -0.290. The maximum absolute atomic E-state index is 13.9. The number of hydrogen-bond donors (Lipinski definition) is 2. The summed E-state index contributed by atoms with van der Waals surface area (Å²) in [7, 11) is 3.32. The smallest absolute Gasteiger partial charge is 0.213 e. The second-order valence-corrected chi connectivity index (χ2v) is 6.02. The molecule has 26 heavy (non-hydrogen) atoms. The molecule has 2 N–H and O–H groups in total. The quantitative estimate of drug-likeness (QED) is 0.624. The van der Waals surface area contributed by atoms with Crippen LogP contribution < -0.4 is 20.3 Å². The molecular weight excluding hydrogens is 335 g/mol. The van der Waals surface area contributed by atoms with Crippen LogP contribution >= 0.6 is 0 Å². The third-order valence-corrected chi connectivity index (χ3v) is 4.26. The van der Waals surface area contributed by atoms with Gasteiger partial charge in [0.2, 0.25) is 5.88 Å². The van der Waals surface area contributed by atoms with Crippen molar-refractivity contribution in [1.29, 1.82) is 0 Å². The minimum absolute atomic E-state index is 0.176. The number of guanidine groups is 1. The lowest BCUT2D eigenvalue weighted by molar-refractivity contribution is 0.397. The number of pyridine rings is 2. The maximum Gasteiger partial charge on any atom is 0.213 e. The summed E-state index contributed by atoms with van der Waals surface area (Å²) in [6.07, 6.45) is 4.21. The molecule has 1 fully saturated rings. The highest BCUT2D eigenvalue weighted by Crippen LogP contribution is 2.20. The molecule has 0 saturated carbocycles. The number of rotatable bonds is 5. The SMILES string of the molecule is CN=C(NCc1ccnc(OC)c1)NC1CCN(c2ncccc2F)C1. The number of hydrogen-bond acceptors (Lipinski definition) is 5. The Balaban J connectivity index is 1.53. The number of halogens is 1. The van der Waals surface area contributed by atoms with E-state index >= 15 is 0 Å². The number of nitrogens with one attached hydrogen (secondary N) is 2. The second kappa shape index (κ2) is 8.46. The average Bonchev–Trinajstić information content (AvgIpc) is 3.14. The van der Waals surface area contributed by atoms with Gasteiger partial charge < -0.3 is 20.3 Å². The van der Waals surface area contributed by atoms with E-state index in [1.807, 2.05) is 17.0 Å². The van der Waals surface area contributed by atoms with E-state index in [1.165, 1.54) is 6.07 Å². The highest BCUT2D eigenvalue weighted by molar-refractivity contribution is 5.80. The van der Waals surface area contributed by atoms with Crippen molar-refractivity contribution in [3.8, 4) is 5.88 Å². The number of aromatic nitrogens is 2. The van der Waals surface area contributed by atoms with Crippen molar-refractivity contribution in [3.63, 3.8) is 0 Å². The van der Waals surface area contributed by atoms with E-state index in [0.717, 1.165) is 18.5 Å². The highest BCUT2D eigenvalue weighted by atomic mass is 19.1. The molecule has 8 heteroatoms. The third-order valence-electron chi connectivity index (χ3n) is 4.26. The van der Waals surface area contributed by atoms with Crippen molar-refractivity contribution >= 4 is 11.8 Å². The lowest BCUT2D eigenvalue weighted by Crippen LogP contribution is -2.44. The third kappa shape index (κ3) is 4.38. The Bertz CT molecular complexity index is 769. The molecule has 1 unspecified atom stereocenters. The fraction of sp³-hybridized carbons (Fsp3) is 0.389. The lowest BCUT2D eigenvalue weighted by Gasteiger charge is -2.20. The Hall–Kier alpha value is -2.90. The summed E-state index contributed by atoms with van der Waals surface area (Å²) in [6, 6.07) is 7.01. The van der Waals surface area contributed by atoms with Gasteiger partial charge in [0.1, 0.15) is 0 Å². The lowest BCUT2D eigenvalue weighted by atomic mass is 10.2. The molecule has 1 atom stereocenters. The molecule has 0 aromatic carbocycles. The fourth-order valence-corrected chi connectivity index (χ4v) is 2.93. The monoisotopic (exact) mass is 358 g/mol. The Labute approximate surface area is 152 Å². The van der Waals surface area contributed by atoms with E-state index in [4.69, 9.17) is 4.74 Å². The van der Waals surface area contributed by atoms with Gasteiger partial charge in [0.05, 0.1) is 7.11 Å². The Morgan fingerprint density at radius 1 is 1.38 bits per heavy atom. The van der Waals surface area contributed by atoms with Crippen LogP contribution in [0.2, 0.25) is 0 Å². The van der Waals surface area contributed by atoms with Crippen molar-refractivity contribution in [2.24, 2.45) is 4.99 Å². The van der Waals surface area contributed by atoms with Gasteiger partial charge in [-0.2, -0.15) is 0 Å². The van der Waals surface area contributed by atoms with E-state index in [-0.39, 0.29) is 11.9 Å². The zero-order valence-corrected chi connectivity index (χ0v) is 14.9. The summed E-state index contributed by atoms with van der Waals surface area (Å²) in [5.41, 5.74) is 1.04. The van der Waals surface area contributed by atoms with Crippen LogP contribution in [0.1, 0.15) is 12.0 Å². The molecule has 1 aliphatic heterocycles. The molecule has 0 spiro atoms. The van der Waals surface area contributed by atoms with Crippen LogP contribution in [0.4, 0.5) is 10.2 Å². The predicted molar refractivity (Wildman–Crippen MR) is 98.9 cm³/mol. The summed E-state index contributed by atoms with van der Waals surface area (Å²) in [4.78, 5) is 14.5. The van der Waals surface area contributed by atoms with Crippen molar-refractivity contribution in [3.05, 3.63) is 48.0 Å². The van der Waals surface area contributed by atoms with Gasteiger partial charge in [0.15, 0.2) is 17.6 Å². The fourth-order valence-electron chi connectivity index (χ4n) is 2.93. The molecule has 0 bridgehead atoms. The van der Waals surface area contributed by atoms with Gasteiger partial charge in [-0.25, -0.2) is 14.4 Å². The number of nitrogens with zero attached hydrogens (tertiary/aromatic N) is 4. The van der Waals surface area contributed by atoms with Gasteiger partial charge in [0.25, 0.3) is 0 Å². The van der Waals surface area contributed by atoms with E-state index in [1.54, 1.807) is 32.6 Å². The van der Waals surface area contributed by atoms with Gasteiger partial charge in [-0.05, 0) is 30.2 Å². The second-order valence-electron chi connectivity index (χ2n) is 6.02. The van der Waals surface area contributed by atoms with Gasteiger partial charge in [-0.15, -0.1) is 0 Å². The van der Waals surface area contributed by atoms with Crippen LogP contribution in [0, 0.1) is 5.82 Å². The molecule has 138 valence electrons. The van der Waals surface area contributed by atoms with Crippen molar-refractivity contribution < 1.29 is 9.13 Å². The molecule has 0 amide bonds. The van der Waals surface area contributed by atoms with Crippen LogP contribution in [-0.4, -0.2) is 49.2 Å². The van der Waals surface area contributed by atoms with Crippen molar-refractivity contribution in [2.75, 3.05) is 32.1 Å². The van der Waals surface area contributed by atoms with E-state index in [0.29, 0.717) is 30.7 Å². The molecule has 2 aromatic rings. The van der Waals surface area contributed by atoms with E-state index in [9.17, 15) is 4.39 Å². The van der Waals surface area contributed by atoms with Crippen molar-refractivity contribution in [2.45, 2.75) is 19.0 Å². The summed E-state index contributed by atoms with van der Waals surface area (Å²) in [5, 5.41) is 6.66. The summed E-state index contributed by atoms with van der Waals surface area (Å²) < 4.78 is 19.0. The number of methoxy groups -OCH3 is 1. The average molecular weight is 358 g/mol. The molecule has 1 aliphatic rings. The molecule has 0 radical (unpaired) electrons. The van der Waals surface area contributed by atoms with Crippen LogP contribution in [0.15, 0.2) is 41.7 Å². The molecule has 1 saturated heterocycles. The molecule has 3 rings (SSSR count). The Morgan fingerprint density at radius 3 is 3.04 bits per heavy atom. The standard InChI is InChI=1S/C18H23FN6O/c1-20-18(23-11-13-5-8-21-16(10-13)26-2)24-14-6-9-25(12-14)17-15(19)4-3-7-22-17/h3-5,7-8,10,14H,6,9,11-12H2,1-2H3,(H2,20,23,24). The topological polar surface area (TPSA) is 74.7 Å². The largest absolute Gasteiger partial charge is 0.481 e. The van der Waals surface area contributed by atoms with Gasteiger partial charge in [-0.1, -0.05) is 0 Å². The number of aliphatic imine (C=N–C) groups is 1. The molecule has 2 aromatic heterocycles. The van der Waals surface area contributed by atoms with Gasteiger partial charge in [-0.3, -0.25) is 4.99 Å². The minimum Gasteiger partial charge on any atom is -0.481 e. The van der Waals surface area contributed by atoms with Gasteiger partial charge in [0, 0.05) is 51.2 Å². The summed E-state index contributed by atoms with van der Waals surface area (Å²) in [5.74, 6) is 1.40. The molecular formula is C18H23FN6O. The zero-order chi connectivity index (χ0) is 18.4. The first-order valence-corrected chi connectivity index (χ1v) is 8.51. The Morgan fingerprint density at radius 2 is 2.27 bits per heavy atom. The summed E-state index contributed by atoms with van der Waals surface area (Å²) >= 11 is 0. The number of anilines is 1. The van der Waals surface area contributed by atoms with Crippen LogP contribution in [0.3, 0.4) is 0 Å². The first-order valence-electron chi connectivity index (χ1n) is 8.51. The van der Waals surface area contributed by atoms with E-state index in [2.05, 4.69) is 25.6 Å². The highest BCUT2D eigenvalue weighted by Gasteiger charge is 2.25. The molecule has 0 aliphatic carbocycles. The molecule has 7 nitrogen and oxygen atoms in total. The molecule has 3 heterocycles. The summed E-state index contributed by atoms with van der Waals surface area (Å²) in [6.45, 7) is 2.03. The van der Waals surface area contributed by atoms with Crippen LogP contribution in [0.25, 0.3) is 0 Å². The predicted octanol–water partition coefficient (Wildman–Crippen LogP) is 1.57. The first kappa shape index (κ1) is 17.9. The van der Waals surface area contributed by atoms with Crippen LogP contribution in [0.5, 0.6) is 5.88 Å². The van der Waals surface area contributed by atoms with Gasteiger partial charge >= 0.3 is 0 Å². The normalized spacial score (nSPS) is 17.3. The maximum atomic E-state index is 13.9. The number of ether oxygens (including phenoxy) is 1. The van der Waals surface area contributed by atoms with E-state index < -0.39 is 0 Å². The van der Waals surface area contributed by atoms with Crippen molar-refractivity contribution in [1.82, 2.24) is 20.6 Å². The first-order chi connectivity index (χ1) is 12.7. The Kier molecular flexibility index (Phi) is 5.83. The van der Waals surface area contributed by atoms with Crippen LogP contribution in [-0.2, 0) is 6.54 Å².